The van der Waals surface area contributed by atoms with Gasteiger partial charge in [-0.2, -0.15) is 0 Å². The van der Waals surface area contributed by atoms with Crippen molar-refractivity contribution in [2.45, 2.75) is 39.2 Å². The van der Waals surface area contributed by atoms with Crippen LogP contribution in [0.5, 0.6) is 0 Å². The maximum absolute atomic E-state index is 13.0. The smallest absolute Gasteiger partial charge is 0.290 e. The van der Waals surface area contributed by atoms with Gasteiger partial charge in [0.25, 0.3) is 5.91 Å². The number of unbranched alkanes of at least 4 members (excludes halogenated alkanes) is 1. The fourth-order valence-corrected chi connectivity index (χ4v) is 3.29. The van der Waals surface area contributed by atoms with E-state index in [1.54, 1.807) is 22.9 Å². The van der Waals surface area contributed by atoms with E-state index in [2.05, 4.69) is 6.92 Å². The van der Waals surface area contributed by atoms with E-state index in [0.29, 0.717) is 25.3 Å². The average molecular weight is 328 g/mol. The van der Waals surface area contributed by atoms with Crippen LogP contribution in [0, 0.1) is 6.92 Å². The first-order valence-electron chi connectivity index (χ1n) is 8.58. The number of hydrogen-bond acceptors (Lipinski definition) is 3. The van der Waals surface area contributed by atoms with E-state index in [4.69, 9.17) is 4.42 Å². The maximum atomic E-state index is 13.0. The van der Waals surface area contributed by atoms with Gasteiger partial charge in [0.15, 0.2) is 5.76 Å². The first-order valence-corrected chi connectivity index (χ1v) is 8.58. The summed E-state index contributed by atoms with van der Waals surface area (Å²) in [5.41, 5.74) is 1.75. The lowest BCUT2D eigenvalue weighted by atomic mass is 10.0. The molecule has 5 heteroatoms. The number of hydrogen-bond donors (Lipinski definition) is 0. The van der Waals surface area contributed by atoms with Crippen molar-refractivity contribution in [1.82, 2.24) is 9.80 Å². The van der Waals surface area contributed by atoms with Crippen molar-refractivity contribution in [2.24, 2.45) is 0 Å². The third kappa shape index (κ3) is 2.90. The lowest BCUT2D eigenvalue weighted by Gasteiger charge is -2.38. The molecule has 1 aliphatic heterocycles. The summed E-state index contributed by atoms with van der Waals surface area (Å²) >= 11 is 0. The molecule has 0 aliphatic carbocycles. The van der Waals surface area contributed by atoms with Gasteiger partial charge in [0, 0.05) is 25.5 Å². The summed E-state index contributed by atoms with van der Waals surface area (Å²) in [6.45, 7) is 5.16. The van der Waals surface area contributed by atoms with Gasteiger partial charge >= 0.3 is 0 Å². The number of rotatable bonds is 4. The zero-order chi connectivity index (χ0) is 17.3. The van der Waals surface area contributed by atoms with Gasteiger partial charge in [-0.15, -0.1) is 0 Å². The molecule has 1 aromatic carbocycles. The van der Waals surface area contributed by atoms with E-state index >= 15 is 0 Å². The molecule has 1 fully saturated rings. The molecule has 2 aromatic rings. The van der Waals surface area contributed by atoms with Crippen LogP contribution in [0.15, 0.2) is 28.7 Å². The fourth-order valence-electron chi connectivity index (χ4n) is 3.29. The quantitative estimate of drug-likeness (QED) is 0.866. The SMILES string of the molecule is CCCC[C@H]1C(=O)N(C)CCN1C(=O)c1cc2cccc(C)c2o1. The molecule has 0 spiro atoms. The van der Waals surface area contributed by atoms with Gasteiger partial charge < -0.3 is 14.2 Å². The highest BCUT2D eigenvalue weighted by Gasteiger charge is 2.36. The second-order valence-electron chi connectivity index (χ2n) is 6.52. The van der Waals surface area contributed by atoms with Crippen LogP contribution >= 0.6 is 0 Å². The van der Waals surface area contributed by atoms with E-state index in [-0.39, 0.29) is 17.9 Å². The number of benzene rings is 1. The van der Waals surface area contributed by atoms with Gasteiger partial charge in [-0.1, -0.05) is 38.0 Å². The number of carbonyl (C=O) groups excluding carboxylic acids is 2. The van der Waals surface area contributed by atoms with Gasteiger partial charge in [-0.05, 0) is 25.0 Å². The Morgan fingerprint density at radius 3 is 2.83 bits per heavy atom. The minimum absolute atomic E-state index is 0.0235. The molecule has 1 atom stereocenters. The fraction of sp³-hybridized carbons (Fsp3) is 0.474. The molecule has 1 saturated heterocycles. The van der Waals surface area contributed by atoms with E-state index in [0.717, 1.165) is 29.4 Å². The van der Waals surface area contributed by atoms with Crippen LogP contribution in [0.1, 0.15) is 42.3 Å². The number of piperazine rings is 1. The normalized spacial score (nSPS) is 18.5. The van der Waals surface area contributed by atoms with Crippen LogP contribution in [0.2, 0.25) is 0 Å². The third-order valence-corrected chi connectivity index (χ3v) is 4.76. The summed E-state index contributed by atoms with van der Waals surface area (Å²) in [7, 11) is 1.80. The van der Waals surface area contributed by atoms with Crippen molar-refractivity contribution in [3.05, 3.63) is 35.6 Å². The van der Waals surface area contributed by atoms with E-state index in [1.165, 1.54) is 0 Å². The van der Waals surface area contributed by atoms with E-state index in [9.17, 15) is 9.59 Å². The van der Waals surface area contributed by atoms with E-state index < -0.39 is 0 Å². The molecule has 0 unspecified atom stereocenters. The summed E-state index contributed by atoms with van der Waals surface area (Å²) in [5.74, 6) is 0.154. The largest absolute Gasteiger partial charge is 0.451 e. The van der Waals surface area contributed by atoms with Crippen LogP contribution in [-0.2, 0) is 4.79 Å². The lowest BCUT2D eigenvalue weighted by molar-refractivity contribution is -0.138. The topological polar surface area (TPSA) is 53.8 Å². The van der Waals surface area contributed by atoms with Crippen molar-refractivity contribution in [3.63, 3.8) is 0 Å². The molecule has 2 amide bonds. The van der Waals surface area contributed by atoms with Crippen molar-refractivity contribution in [1.29, 1.82) is 0 Å². The molecule has 2 heterocycles. The Hall–Kier alpha value is -2.30. The van der Waals surface area contributed by atoms with Crippen molar-refractivity contribution in [2.75, 3.05) is 20.1 Å². The summed E-state index contributed by atoms with van der Waals surface area (Å²) in [6.07, 6.45) is 2.62. The number of nitrogens with zero attached hydrogens (tertiary/aromatic N) is 2. The molecule has 24 heavy (non-hydrogen) atoms. The standard InChI is InChI=1S/C19H24N2O3/c1-4-5-9-15-18(22)20(3)10-11-21(15)19(23)16-12-14-8-6-7-13(2)17(14)24-16/h6-8,12,15H,4-5,9-11H2,1-3H3/t15-/m0/s1. The van der Waals surface area contributed by atoms with Crippen molar-refractivity contribution >= 4 is 22.8 Å². The second kappa shape index (κ2) is 6.67. The number of para-hydroxylation sites is 1. The first-order chi connectivity index (χ1) is 11.5. The zero-order valence-electron chi connectivity index (χ0n) is 14.5. The Balaban J connectivity index is 1.90. The number of carbonyl (C=O) groups is 2. The predicted molar refractivity (Wildman–Crippen MR) is 92.9 cm³/mol. The van der Waals surface area contributed by atoms with Crippen LogP contribution < -0.4 is 0 Å². The van der Waals surface area contributed by atoms with Gasteiger partial charge in [0.05, 0.1) is 0 Å². The highest BCUT2D eigenvalue weighted by atomic mass is 16.3. The van der Waals surface area contributed by atoms with Crippen molar-refractivity contribution < 1.29 is 14.0 Å². The Bertz CT molecular complexity index is 765. The molecular formula is C19H24N2O3. The van der Waals surface area contributed by atoms with Crippen LogP contribution in [-0.4, -0.2) is 47.8 Å². The Labute approximate surface area is 142 Å². The van der Waals surface area contributed by atoms with Gasteiger partial charge in [0.2, 0.25) is 5.91 Å². The zero-order valence-corrected chi connectivity index (χ0v) is 14.5. The lowest BCUT2D eigenvalue weighted by Crippen LogP contribution is -2.57. The maximum Gasteiger partial charge on any atom is 0.290 e. The first kappa shape index (κ1) is 16.6. The monoisotopic (exact) mass is 328 g/mol. The summed E-state index contributed by atoms with van der Waals surface area (Å²) in [6, 6.07) is 7.25. The molecular weight excluding hydrogens is 304 g/mol. The highest BCUT2D eigenvalue weighted by molar-refractivity contribution is 5.99. The molecule has 1 aliphatic rings. The average Bonchev–Trinajstić information content (AvgIpc) is 3.01. The van der Waals surface area contributed by atoms with E-state index in [1.807, 2.05) is 25.1 Å². The predicted octanol–water partition coefficient (Wildman–Crippen LogP) is 3.21. The number of amides is 2. The highest BCUT2D eigenvalue weighted by Crippen LogP contribution is 2.25. The molecule has 0 saturated carbocycles. The minimum atomic E-state index is -0.384. The Morgan fingerprint density at radius 2 is 2.12 bits per heavy atom. The number of aryl methyl sites for hydroxylation is 1. The molecule has 0 N–H and O–H groups in total. The van der Waals surface area contributed by atoms with Gasteiger partial charge in [-0.25, -0.2) is 0 Å². The van der Waals surface area contributed by atoms with Crippen LogP contribution in [0.4, 0.5) is 0 Å². The van der Waals surface area contributed by atoms with Gasteiger partial charge in [-0.3, -0.25) is 9.59 Å². The Morgan fingerprint density at radius 1 is 1.33 bits per heavy atom. The number of furan rings is 1. The number of fused-ring (bicyclic) bond motifs is 1. The molecule has 0 bridgehead atoms. The summed E-state index contributed by atoms with van der Waals surface area (Å²) < 4.78 is 5.81. The van der Waals surface area contributed by atoms with Crippen LogP contribution in [0.3, 0.4) is 0 Å². The Kier molecular flexibility index (Phi) is 4.60. The molecule has 5 nitrogen and oxygen atoms in total. The molecule has 1 aromatic heterocycles. The third-order valence-electron chi connectivity index (χ3n) is 4.76. The summed E-state index contributed by atoms with van der Waals surface area (Å²) in [5, 5.41) is 0.920. The van der Waals surface area contributed by atoms with Crippen LogP contribution in [0.25, 0.3) is 11.0 Å². The minimum Gasteiger partial charge on any atom is -0.451 e. The molecule has 128 valence electrons. The van der Waals surface area contributed by atoms with Crippen molar-refractivity contribution in [3.8, 4) is 0 Å². The summed E-state index contributed by atoms with van der Waals surface area (Å²) in [4.78, 5) is 28.9. The molecule has 0 radical (unpaired) electrons. The number of likely N-dealkylation sites (N-methyl/N-ethyl adjacent to an activating group) is 1. The molecule has 3 rings (SSSR count). The van der Waals surface area contributed by atoms with Gasteiger partial charge in [0.1, 0.15) is 11.6 Å². The second-order valence-corrected chi connectivity index (χ2v) is 6.52.